The summed E-state index contributed by atoms with van der Waals surface area (Å²) in [6.07, 6.45) is 2.53. The quantitative estimate of drug-likeness (QED) is 0.879. The Morgan fingerprint density at radius 1 is 1.28 bits per heavy atom. The van der Waals surface area contributed by atoms with Crippen LogP contribution in [0, 0.1) is 0 Å². The minimum Gasteiger partial charge on any atom is -0.381 e. The highest BCUT2D eigenvalue weighted by Gasteiger charge is 2.21. The van der Waals surface area contributed by atoms with E-state index in [1.165, 1.54) is 25.5 Å². The summed E-state index contributed by atoms with van der Waals surface area (Å²) >= 11 is 2.04. The summed E-state index contributed by atoms with van der Waals surface area (Å²) in [4.78, 5) is 10.9. The topological polar surface area (TPSA) is 41.1 Å². The highest BCUT2D eigenvalue weighted by molar-refractivity contribution is 8.00. The van der Waals surface area contributed by atoms with Gasteiger partial charge in [-0.15, -0.1) is 0 Å². The van der Waals surface area contributed by atoms with Gasteiger partial charge in [0.15, 0.2) is 0 Å². The van der Waals surface area contributed by atoms with Crippen LogP contribution in [-0.4, -0.2) is 23.0 Å². The molecule has 18 heavy (non-hydrogen) atoms. The van der Waals surface area contributed by atoms with Gasteiger partial charge in [-0.2, -0.15) is 11.8 Å². The average molecular weight is 264 g/mol. The third-order valence-electron chi connectivity index (χ3n) is 3.16. The highest BCUT2D eigenvalue weighted by Crippen LogP contribution is 2.28. The molecule has 1 fully saturated rings. The molecule has 0 radical (unpaired) electrons. The van der Waals surface area contributed by atoms with Gasteiger partial charge in [-0.1, -0.05) is 6.92 Å². The molecule has 1 amide bonds. The first-order valence-electron chi connectivity index (χ1n) is 6.41. The molecule has 98 valence electrons. The Kier molecular flexibility index (Phi) is 4.53. The number of hydrogen-bond acceptors (Lipinski definition) is 3. The minimum absolute atomic E-state index is 0.0342. The maximum atomic E-state index is 10.9. The van der Waals surface area contributed by atoms with Crippen molar-refractivity contribution in [3.63, 3.8) is 0 Å². The molecule has 2 rings (SSSR count). The second kappa shape index (κ2) is 6.14. The van der Waals surface area contributed by atoms with Crippen molar-refractivity contribution in [2.24, 2.45) is 0 Å². The number of amides is 1. The molecule has 0 saturated carbocycles. The minimum atomic E-state index is -0.0342. The van der Waals surface area contributed by atoms with E-state index in [0.717, 1.165) is 11.4 Å². The zero-order valence-corrected chi connectivity index (χ0v) is 11.7. The normalized spacial score (nSPS) is 23.4. The largest absolute Gasteiger partial charge is 0.381 e. The number of carbonyl (C=O) groups is 1. The lowest BCUT2D eigenvalue weighted by Crippen LogP contribution is -2.32. The van der Waals surface area contributed by atoms with E-state index in [4.69, 9.17) is 0 Å². The average Bonchev–Trinajstić information content (AvgIpc) is 2.34. The van der Waals surface area contributed by atoms with Crippen LogP contribution in [0.3, 0.4) is 0 Å². The summed E-state index contributed by atoms with van der Waals surface area (Å²) in [7, 11) is 0. The highest BCUT2D eigenvalue weighted by atomic mass is 32.2. The van der Waals surface area contributed by atoms with E-state index in [0.29, 0.717) is 11.3 Å². The van der Waals surface area contributed by atoms with E-state index in [2.05, 4.69) is 17.6 Å². The van der Waals surface area contributed by atoms with Gasteiger partial charge < -0.3 is 10.6 Å². The fraction of sp³-hybridized carbons (Fsp3) is 0.500. The monoisotopic (exact) mass is 264 g/mol. The number of nitrogens with one attached hydrogen (secondary N) is 2. The SMILES string of the molecule is CC(=O)Nc1ccc(NC2CCCSC2C)cc1. The van der Waals surface area contributed by atoms with Gasteiger partial charge in [0, 0.05) is 29.6 Å². The van der Waals surface area contributed by atoms with E-state index < -0.39 is 0 Å². The Labute approximate surface area is 113 Å². The zero-order valence-electron chi connectivity index (χ0n) is 10.9. The Hall–Kier alpha value is -1.16. The Bertz CT molecular complexity index is 405. The summed E-state index contributed by atoms with van der Waals surface area (Å²) in [5.41, 5.74) is 1.97. The van der Waals surface area contributed by atoms with Gasteiger partial charge in [0.2, 0.25) is 5.91 Å². The molecule has 0 aliphatic carbocycles. The van der Waals surface area contributed by atoms with Crippen LogP contribution in [-0.2, 0) is 4.79 Å². The molecule has 0 bridgehead atoms. The maximum absolute atomic E-state index is 10.9. The van der Waals surface area contributed by atoms with Gasteiger partial charge in [-0.05, 0) is 42.9 Å². The van der Waals surface area contributed by atoms with Crippen molar-refractivity contribution in [2.45, 2.75) is 38.0 Å². The predicted molar refractivity (Wildman–Crippen MR) is 79.3 cm³/mol. The summed E-state index contributed by atoms with van der Waals surface area (Å²) in [5.74, 6) is 1.24. The van der Waals surface area contributed by atoms with Crippen molar-refractivity contribution >= 4 is 29.0 Å². The number of rotatable bonds is 3. The van der Waals surface area contributed by atoms with Crippen LogP contribution in [0.1, 0.15) is 26.7 Å². The van der Waals surface area contributed by atoms with Crippen LogP contribution in [0.15, 0.2) is 24.3 Å². The molecule has 3 nitrogen and oxygen atoms in total. The molecular weight excluding hydrogens is 244 g/mol. The van der Waals surface area contributed by atoms with E-state index >= 15 is 0 Å². The van der Waals surface area contributed by atoms with E-state index in [1.807, 2.05) is 36.0 Å². The van der Waals surface area contributed by atoms with Crippen LogP contribution < -0.4 is 10.6 Å². The molecule has 0 aromatic heterocycles. The molecule has 1 aliphatic rings. The second-order valence-electron chi connectivity index (χ2n) is 4.73. The lowest BCUT2D eigenvalue weighted by Gasteiger charge is -2.30. The summed E-state index contributed by atoms with van der Waals surface area (Å²) in [6.45, 7) is 3.81. The van der Waals surface area contributed by atoms with Gasteiger partial charge in [0.05, 0.1) is 0 Å². The lowest BCUT2D eigenvalue weighted by atomic mass is 10.1. The summed E-state index contributed by atoms with van der Waals surface area (Å²) < 4.78 is 0. The molecule has 1 aliphatic heterocycles. The summed E-state index contributed by atoms with van der Waals surface area (Å²) in [6, 6.07) is 8.47. The van der Waals surface area contributed by atoms with Crippen molar-refractivity contribution < 1.29 is 4.79 Å². The van der Waals surface area contributed by atoms with Crippen molar-refractivity contribution in [1.29, 1.82) is 0 Å². The van der Waals surface area contributed by atoms with Gasteiger partial charge in [-0.25, -0.2) is 0 Å². The van der Waals surface area contributed by atoms with Crippen molar-refractivity contribution in [1.82, 2.24) is 0 Å². The first-order chi connectivity index (χ1) is 8.65. The molecular formula is C14H20N2OS. The molecule has 2 N–H and O–H groups in total. The number of benzene rings is 1. The molecule has 2 unspecified atom stereocenters. The maximum Gasteiger partial charge on any atom is 0.221 e. The Morgan fingerprint density at radius 3 is 2.56 bits per heavy atom. The van der Waals surface area contributed by atoms with E-state index in [1.54, 1.807) is 0 Å². The molecule has 4 heteroatoms. The van der Waals surface area contributed by atoms with Crippen LogP contribution >= 0.6 is 11.8 Å². The summed E-state index contributed by atoms with van der Waals surface area (Å²) in [5, 5.41) is 7.01. The lowest BCUT2D eigenvalue weighted by molar-refractivity contribution is -0.114. The number of hydrogen-bond donors (Lipinski definition) is 2. The molecule has 2 atom stereocenters. The fourth-order valence-corrected chi connectivity index (χ4v) is 3.32. The van der Waals surface area contributed by atoms with E-state index in [-0.39, 0.29) is 5.91 Å². The van der Waals surface area contributed by atoms with Gasteiger partial charge in [0.25, 0.3) is 0 Å². The number of carbonyl (C=O) groups excluding carboxylic acids is 1. The van der Waals surface area contributed by atoms with Gasteiger partial charge >= 0.3 is 0 Å². The van der Waals surface area contributed by atoms with Crippen molar-refractivity contribution in [3.05, 3.63) is 24.3 Å². The van der Waals surface area contributed by atoms with Crippen LogP contribution in [0.4, 0.5) is 11.4 Å². The third kappa shape index (κ3) is 3.67. The zero-order chi connectivity index (χ0) is 13.0. The third-order valence-corrected chi connectivity index (χ3v) is 4.54. The number of thioether (sulfide) groups is 1. The standard InChI is InChI=1S/C14H20N2OS/c1-10-14(4-3-9-18-10)16-13-7-5-12(6-8-13)15-11(2)17/h5-8,10,14,16H,3-4,9H2,1-2H3,(H,15,17). The first-order valence-corrected chi connectivity index (χ1v) is 7.46. The molecule has 1 aromatic carbocycles. The predicted octanol–water partition coefficient (Wildman–Crippen LogP) is 3.34. The molecule has 1 heterocycles. The first kappa shape index (κ1) is 13.3. The van der Waals surface area contributed by atoms with Crippen LogP contribution in [0.5, 0.6) is 0 Å². The Morgan fingerprint density at radius 2 is 1.94 bits per heavy atom. The second-order valence-corrected chi connectivity index (χ2v) is 6.21. The smallest absolute Gasteiger partial charge is 0.221 e. The van der Waals surface area contributed by atoms with Crippen LogP contribution in [0.2, 0.25) is 0 Å². The number of anilines is 2. The fourth-order valence-electron chi connectivity index (χ4n) is 2.18. The van der Waals surface area contributed by atoms with Gasteiger partial charge in [0.1, 0.15) is 0 Å². The van der Waals surface area contributed by atoms with Crippen LogP contribution in [0.25, 0.3) is 0 Å². The van der Waals surface area contributed by atoms with Crippen molar-refractivity contribution in [2.75, 3.05) is 16.4 Å². The van der Waals surface area contributed by atoms with Crippen molar-refractivity contribution in [3.8, 4) is 0 Å². The Balaban J connectivity index is 1.95. The molecule has 0 spiro atoms. The molecule has 1 aromatic rings. The molecule has 1 saturated heterocycles. The van der Waals surface area contributed by atoms with E-state index in [9.17, 15) is 4.79 Å². The van der Waals surface area contributed by atoms with Gasteiger partial charge in [-0.3, -0.25) is 4.79 Å².